The third kappa shape index (κ3) is 6.03. The summed E-state index contributed by atoms with van der Waals surface area (Å²) in [4.78, 5) is 64.0. The molecule has 174 valence electrons. The molecule has 10 heteroatoms. The van der Waals surface area contributed by atoms with Crippen LogP contribution in [0, 0.1) is 0 Å². The molecule has 3 fully saturated rings. The molecule has 3 saturated heterocycles. The van der Waals surface area contributed by atoms with E-state index in [1.54, 1.807) is 13.8 Å². The van der Waals surface area contributed by atoms with E-state index in [0.717, 1.165) is 6.42 Å². The van der Waals surface area contributed by atoms with Crippen LogP contribution in [0.2, 0.25) is 0 Å². The summed E-state index contributed by atoms with van der Waals surface area (Å²) in [6.45, 7) is 4.04. The van der Waals surface area contributed by atoms with E-state index >= 15 is 0 Å². The highest BCUT2D eigenvalue weighted by molar-refractivity contribution is 5.97. The Morgan fingerprint density at radius 2 is 1.65 bits per heavy atom. The Hall–Kier alpha value is -2.49. The Kier molecular flexibility index (Phi) is 7.64. The maximum absolute atomic E-state index is 13.2. The molecule has 5 atom stereocenters. The number of amides is 4. The summed E-state index contributed by atoms with van der Waals surface area (Å²) in [7, 11) is 0. The third-order valence-corrected chi connectivity index (χ3v) is 6.07. The van der Waals surface area contributed by atoms with Crippen LogP contribution < -0.4 is 16.0 Å². The molecule has 0 spiro atoms. The zero-order valence-electron chi connectivity index (χ0n) is 18.1. The van der Waals surface area contributed by atoms with Crippen LogP contribution >= 0.6 is 0 Å². The lowest BCUT2D eigenvalue weighted by atomic mass is 10.0. The fourth-order valence-corrected chi connectivity index (χ4v) is 4.06. The van der Waals surface area contributed by atoms with Crippen LogP contribution in [0.3, 0.4) is 0 Å². The van der Waals surface area contributed by atoms with Gasteiger partial charge in [0.05, 0.1) is 6.61 Å². The van der Waals surface area contributed by atoms with Crippen molar-refractivity contribution in [1.82, 2.24) is 20.9 Å². The maximum Gasteiger partial charge on any atom is 0.245 e. The molecule has 3 aliphatic heterocycles. The predicted molar refractivity (Wildman–Crippen MR) is 112 cm³/mol. The average Bonchev–Trinajstić information content (AvgIpc) is 3.47. The monoisotopic (exact) mass is 438 g/mol. The Balaban J connectivity index is 0.00000363. The largest absolute Gasteiger partial charge is 0.365 e. The van der Waals surface area contributed by atoms with Crippen molar-refractivity contribution in [2.75, 3.05) is 13.2 Å². The lowest BCUT2D eigenvalue weighted by Crippen LogP contribution is -2.60. The molecule has 5 unspecified atom stereocenters. The highest BCUT2D eigenvalue weighted by Crippen LogP contribution is 2.21. The number of unbranched alkanes of at least 4 members (excludes halogenated alkanes) is 2. The van der Waals surface area contributed by atoms with Gasteiger partial charge in [0.15, 0.2) is 5.78 Å². The first kappa shape index (κ1) is 23.2. The molecular formula is C21H34N4O6. The number of carbonyl (C=O) groups excluding carboxylic acids is 5. The molecule has 0 saturated carbocycles. The van der Waals surface area contributed by atoms with Gasteiger partial charge in [-0.25, -0.2) is 0 Å². The Labute approximate surface area is 183 Å². The number of hydrogen-bond acceptors (Lipinski definition) is 6. The Bertz CT molecular complexity index is 744. The van der Waals surface area contributed by atoms with Crippen LogP contribution in [0.4, 0.5) is 0 Å². The van der Waals surface area contributed by atoms with Gasteiger partial charge in [-0.2, -0.15) is 0 Å². The zero-order valence-corrected chi connectivity index (χ0v) is 18.1. The quantitative estimate of drug-likeness (QED) is 0.367. The fourth-order valence-electron chi connectivity index (χ4n) is 4.06. The van der Waals surface area contributed by atoms with Crippen LogP contribution in [0.5, 0.6) is 0 Å². The maximum atomic E-state index is 13.2. The predicted octanol–water partition coefficient (Wildman–Crippen LogP) is -0.350. The van der Waals surface area contributed by atoms with Crippen molar-refractivity contribution in [1.29, 1.82) is 0 Å². The van der Waals surface area contributed by atoms with Crippen molar-refractivity contribution in [3.63, 3.8) is 0 Å². The van der Waals surface area contributed by atoms with E-state index in [4.69, 9.17) is 4.74 Å². The number of nitrogens with zero attached hydrogens (tertiary/aromatic N) is 1. The first-order chi connectivity index (χ1) is 14.8. The molecule has 0 aromatic heterocycles. The summed E-state index contributed by atoms with van der Waals surface area (Å²) in [6, 6.07) is -3.07. The van der Waals surface area contributed by atoms with Gasteiger partial charge in [0.1, 0.15) is 30.3 Å². The van der Waals surface area contributed by atoms with E-state index in [9.17, 15) is 24.0 Å². The van der Waals surface area contributed by atoms with Crippen LogP contribution in [-0.2, 0) is 28.7 Å². The number of rotatable bonds is 7. The van der Waals surface area contributed by atoms with E-state index in [0.29, 0.717) is 51.7 Å². The van der Waals surface area contributed by atoms with Crippen molar-refractivity contribution in [2.24, 2.45) is 0 Å². The minimum atomic E-state index is -0.841. The summed E-state index contributed by atoms with van der Waals surface area (Å²) in [5.74, 6) is -1.41. The van der Waals surface area contributed by atoms with Crippen LogP contribution in [0.15, 0.2) is 0 Å². The van der Waals surface area contributed by atoms with Crippen LogP contribution in [0.25, 0.3) is 0 Å². The van der Waals surface area contributed by atoms with E-state index < -0.39 is 36.0 Å². The summed E-state index contributed by atoms with van der Waals surface area (Å²) in [5, 5.41) is 8.00. The van der Waals surface area contributed by atoms with Gasteiger partial charge in [-0.15, -0.1) is 0 Å². The number of carbonyl (C=O) groups is 5. The van der Waals surface area contributed by atoms with Crippen molar-refractivity contribution < 1.29 is 30.1 Å². The second-order valence-electron chi connectivity index (χ2n) is 8.60. The summed E-state index contributed by atoms with van der Waals surface area (Å²) in [5.41, 5.74) is 0. The molecule has 3 aliphatic rings. The molecule has 0 radical (unpaired) electrons. The first-order valence-corrected chi connectivity index (χ1v) is 11.1. The molecule has 0 aromatic rings. The molecule has 31 heavy (non-hydrogen) atoms. The molecule has 4 amide bonds. The second-order valence-corrected chi connectivity index (χ2v) is 8.60. The van der Waals surface area contributed by atoms with Gasteiger partial charge in [-0.3, -0.25) is 24.0 Å². The molecular weight excluding hydrogens is 404 g/mol. The summed E-state index contributed by atoms with van der Waals surface area (Å²) >= 11 is 0. The Morgan fingerprint density at radius 3 is 2.32 bits per heavy atom. The van der Waals surface area contributed by atoms with E-state index in [1.165, 1.54) is 4.90 Å². The minimum absolute atomic E-state index is 0. The molecule has 3 rings (SSSR count). The standard InChI is InChI=1S/C21H32N4O6.H2/c1-12-18(27)22-13(2)19(28)24-14(7-4-3-5-9-16(26)17-11-31-17)21(30)25-10-6-8-15(25)20(29)23-12;/h12-15,17H,3-11H2,1-2H3,(H,22,27)(H,23,29)(H,24,28);1H. The molecule has 10 nitrogen and oxygen atoms in total. The number of ketones is 1. The van der Waals surface area contributed by atoms with Gasteiger partial charge in [0, 0.05) is 14.4 Å². The lowest BCUT2D eigenvalue weighted by molar-refractivity contribution is -0.143. The van der Waals surface area contributed by atoms with Crippen molar-refractivity contribution in [2.45, 2.75) is 89.1 Å². The molecule has 0 aliphatic carbocycles. The van der Waals surface area contributed by atoms with Gasteiger partial charge in [0.25, 0.3) is 0 Å². The van der Waals surface area contributed by atoms with Gasteiger partial charge in [-0.05, 0) is 39.5 Å². The lowest BCUT2D eigenvalue weighted by Gasteiger charge is -2.31. The number of Topliss-reactive ketones (excluding diaryl/α,β-unsaturated/α-hetero) is 1. The number of ether oxygens (including phenoxy) is 1. The third-order valence-electron chi connectivity index (χ3n) is 6.07. The topological polar surface area (TPSA) is 137 Å². The fraction of sp³-hybridized carbons (Fsp3) is 0.762. The summed E-state index contributed by atoms with van der Waals surface area (Å²) in [6.07, 6.45) is 3.92. The van der Waals surface area contributed by atoms with Crippen molar-refractivity contribution in [3.8, 4) is 0 Å². The van der Waals surface area contributed by atoms with Gasteiger partial charge >= 0.3 is 0 Å². The SMILES string of the molecule is CC1NC(=O)C(C)NC(=O)C2CCCN2C(=O)C(CCCCCC(=O)C2CO2)NC1=O.[HH]. The summed E-state index contributed by atoms with van der Waals surface area (Å²) < 4.78 is 4.98. The minimum Gasteiger partial charge on any atom is -0.365 e. The van der Waals surface area contributed by atoms with Crippen LogP contribution in [0.1, 0.15) is 60.2 Å². The van der Waals surface area contributed by atoms with E-state index in [1.807, 2.05) is 0 Å². The Morgan fingerprint density at radius 1 is 1.00 bits per heavy atom. The number of fused-ring (bicyclic) bond motifs is 1. The second kappa shape index (κ2) is 10.2. The normalized spacial score (nSPS) is 31.7. The number of epoxide rings is 1. The van der Waals surface area contributed by atoms with E-state index in [-0.39, 0.29) is 25.1 Å². The highest BCUT2D eigenvalue weighted by atomic mass is 16.6. The average molecular weight is 439 g/mol. The van der Waals surface area contributed by atoms with Gasteiger partial charge in [-0.1, -0.05) is 12.8 Å². The number of nitrogens with one attached hydrogen (secondary N) is 3. The molecule has 3 heterocycles. The van der Waals surface area contributed by atoms with Crippen molar-refractivity contribution >= 4 is 29.4 Å². The van der Waals surface area contributed by atoms with Gasteiger partial charge < -0.3 is 25.6 Å². The highest BCUT2D eigenvalue weighted by Gasteiger charge is 2.39. The van der Waals surface area contributed by atoms with E-state index in [2.05, 4.69) is 16.0 Å². The number of hydrogen-bond donors (Lipinski definition) is 3. The molecule has 3 N–H and O–H groups in total. The smallest absolute Gasteiger partial charge is 0.245 e. The zero-order chi connectivity index (χ0) is 22.5. The molecule has 0 aromatic carbocycles. The van der Waals surface area contributed by atoms with Crippen LogP contribution in [-0.4, -0.2) is 77.7 Å². The molecule has 0 bridgehead atoms. The van der Waals surface area contributed by atoms with Crippen molar-refractivity contribution in [3.05, 3.63) is 0 Å². The first-order valence-electron chi connectivity index (χ1n) is 11.1. The van der Waals surface area contributed by atoms with Gasteiger partial charge in [0.2, 0.25) is 23.6 Å².